The van der Waals surface area contributed by atoms with Crippen molar-refractivity contribution in [2.45, 2.75) is 65.8 Å². The summed E-state index contributed by atoms with van der Waals surface area (Å²) >= 11 is 0. The first-order chi connectivity index (χ1) is 6.54. The first-order valence-corrected chi connectivity index (χ1v) is 6.27. The Balaban J connectivity index is 2.09. The lowest BCUT2D eigenvalue weighted by molar-refractivity contribution is 0.377. The molecular weight excluding hydrogens is 170 g/mol. The maximum Gasteiger partial charge on any atom is 0.00106 e. The van der Waals surface area contributed by atoms with Crippen LogP contribution in [0.5, 0.6) is 0 Å². The first-order valence-electron chi connectivity index (χ1n) is 6.27. The quantitative estimate of drug-likeness (QED) is 0.657. The van der Waals surface area contributed by atoms with Gasteiger partial charge in [0, 0.05) is 12.6 Å². The minimum absolute atomic E-state index is 0.651. The lowest BCUT2D eigenvalue weighted by atomic mass is 9.95. The highest BCUT2D eigenvalue weighted by Crippen LogP contribution is 2.49. The first kappa shape index (κ1) is 12.0. The van der Waals surface area contributed by atoms with Gasteiger partial charge in [0.15, 0.2) is 0 Å². The molecule has 1 N–H and O–H groups in total. The maximum atomic E-state index is 3.59. The fraction of sp³-hybridized carbons (Fsp3) is 1.00. The standard InChI is InChI=1S/C13H27N/c1-11(2)6-5-7-13(8-9-13)10-14-12(3)4/h11-12,14H,5-10H2,1-4H3. The molecule has 0 aliphatic heterocycles. The smallest absolute Gasteiger partial charge is 0.00106 e. The Labute approximate surface area is 89.7 Å². The topological polar surface area (TPSA) is 12.0 Å². The van der Waals surface area contributed by atoms with Gasteiger partial charge in [0.2, 0.25) is 0 Å². The fourth-order valence-electron chi connectivity index (χ4n) is 2.00. The molecule has 0 heterocycles. The summed E-state index contributed by atoms with van der Waals surface area (Å²) in [4.78, 5) is 0. The van der Waals surface area contributed by atoms with Gasteiger partial charge >= 0.3 is 0 Å². The average Bonchev–Trinajstić information content (AvgIpc) is 2.82. The van der Waals surface area contributed by atoms with Crippen molar-refractivity contribution in [1.29, 1.82) is 0 Å². The molecule has 14 heavy (non-hydrogen) atoms. The minimum atomic E-state index is 0.651. The summed E-state index contributed by atoms with van der Waals surface area (Å²) < 4.78 is 0. The van der Waals surface area contributed by atoms with Crippen LogP contribution >= 0.6 is 0 Å². The van der Waals surface area contributed by atoms with Gasteiger partial charge in [0.05, 0.1) is 0 Å². The molecule has 1 rings (SSSR count). The van der Waals surface area contributed by atoms with Gasteiger partial charge in [-0.1, -0.05) is 40.5 Å². The molecule has 0 aromatic carbocycles. The van der Waals surface area contributed by atoms with Gasteiger partial charge in [-0.05, 0) is 30.6 Å². The number of rotatable bonds is 7. The summed E-state index contributed by atoms with van der Waals surface area (Å²) in [6.07, 6.45) is 7.21. The largest absolute Gasteiger partial charge is 0.314 e. The van der Waals surface area contributed by atoms with Gasteiger partial charge in [-0.2, -0.15) is 0 Å². The molecular formula is C13H27N. The second-order valence-corrected chi connectivity index (χ2v) is 5.82. The summed E-state index contributed by atoms with van der Waals surface area (Å²) in [5.41, 5.74) is 0.708. The monoisotopic (exact) mass is 197 g/mol. The Hall–Kier alpha value is -0.0400. The van der Waals surface area contributed by atoms with Crippen LogP contribution in [-0.2, 0) is 0 Å². The zero-order chi connectivity index (χ0) is 10.6. The predicted molar refractivity (Wildman–Crippen MR) is 63.5 cm³/mol. The molecule has 1 heteroatoms. The third-order valence-electron chi connectivity index (χ3n) is 3.33. The Morgan fingerprint density at radius 1 is 1.14 bits per heavy atom. The molecule has 0 aromatic rings. The molecule has 0 bridgehead atoms. The van der Waals surface area contributed by atoms with E-state index in [1.54, 1.807) is 0 Å². The van der Waals surface area contributed by atoms with Crippen molar-refractivity contribution in [1.82, 2.24) is 5.32 Å². The lowest BCUT2D eigenvalue weighted by Gasteiger charge is -2.18. The molecule has 0 atom stereocenters. The van der Waals surface area contributed by atoms with Crippen molar-refractivity contribution in [3.63, 3.8) is 0 Å². The zero-order valence-corrected chi connectivity index (χ0v) is 10.4. The van der Waals surface area contributed by atoms with Crippen LogP contribution in [-0.4, -0.2) is 12.6 Å². The fourth-order valence-corrected chi connectivity index (χ4v) is 2.00. The van der Waals surface area contributed by atoms with Crippen LogP contribution in [0.25, 0.3) is 0 Å². The maximum absolute atomic E-state index is 3.59. The van der Waals surface area contributed by atoms with Crippen molar-refractivity contribution in [2.75, 3.05) is 6.54 Å². The van der Waals surface area contributed by atoms with E-state index in [0.29, 0.717) is 11.5 Å². The van der Waals surface area contributed by atoms with E-state index >= 15 is 0 Å². The van der Waals surface area contributed by atoms with Crippen LogP contribution in [0.1, 0.15) is 59.8 Å². The summed E-state index contributed by atoms with van der Waals surface area (Å²) in [6.45, 7) is 10.4. The van der Waals surface area contributed by atoms with Gasteiger partial charge in [0.25, 0.3) is 0 Å². The summed E-state index contributed by atoms with van der Waals surface area (Å²) in [5.74, 6) is 0.879. The van der Waals surface area contributed by atoms with Gasteiger partial charge in [-0.15, -0.1) is 0 Å². The highest BCUT2D eigenvalue weighted by Gasteiger charge is 2.41. The molecule has 0 spiro atoms. The number of hydrogen-bond acceptors (Lipinski definition) is 1. The molecule has 1 aliphatic rings. The van der Waals surface area contributed by atoms with E-state index in [9.17, 15) is 0 Å². The molecule has 0 aromatic heterocycles. The van der Waals surface area contributed by atoms with E-state index in [1.807, 2.05) is 0 Å². The molecule has 1 nitrogen and oxygen atoms in total. The molecule has 1 fully saturated rings. The van der Waals surface area contributed by atoms with E-state index < -0.39 is 0 Å². The number of nitrogens with one attached hydrogen (secondary N) is 1. The molecule has 0 unspecified atom stereocenters. The van der Waals surface area contributed by atoms with Crippen LogP contribution in [0, 0.1) is 11.3 Å². The van der Waals surface area contributed by atoms with Gasteiger partial charge < -0.3 is 5.32 Å². The highest BCUT2D eigenvalue weighted by atomic mass is 14.9. The SMILES string of the molecule is CC(C)CCCC1(CNC(C)C)CC1. The number of hydrogen-bond donors (Lipinski definition) is 1. The van der Waals surface area contributed by atoms with E-state index in [4.69, 9.17) is 0 Å². The summed E-state index contributed by atoms with van der Waals surface area (Å²) in [5, 5.41) is 3.59. The molecule has 0 saturated heterocycles. The van der Waals surface area contributed by atoms with Crippen LogP contribution in [0.15, 0.2) is 0 Å². The zero-order valence-electron chi connectivity index (χ0n) is 10.4. The molecule has 84 valence electrons. The van der Waals surface area contributed by atoms with Gasteiger partial charge in [0.1, 0.15) is 0 Å². The molecule has 0 amide bonds. The van der Waals surface area contributed by atoms with E-state index in [-0.39, 0.29) is 0 Å². The Morgan fingerprint density at radius 3 is 2.21 bits per heavy atom. The van der Waals surface area contributed by atoms with Gasteiger partial charge in [-0.25, -0.2) is 0 Å². The van der Waals surface area contributed by atoms with Gasteiger partial charge in [-0.3, -0.25) is 0 Å². The summed E-state index contributed by atoms with van der Waals surface area (Å²) in [6, 6.07) is 0.651. The van der Waals surface area contributed by atoms with Crippen LogP contribution in [0.4, 0.5) is 0 Å². The summed E-state index contributed by atoms with van der Waals surface area (Å²) in [7, 11) is 0. The molecule has 1 saturated carbocycles. The Bertz CT molecular complexity index is 157. The van der Waals surface area contributed by atoms with Crippen molar-refractivity contribution >= 4 is 0 Å². The highest BCUT2D eigenvalue weighted by molar-refractivity contribution is 4.94. The lowest BCUT2D eigenvalue weighted by Crippen LogP contribution is -2.29. The second kappa shape index (κ2) is 5.16. The van der Waals surface area contributed by atoms with Crippen molar-refractivity contribution in [3.8, 4) is 0 Å². The molecule has 0 radical (unpaired) electrons. The van der Waals surface area contributed by atoms with Crippen molar-refractivity contribution in [2.24, 2.45) is 11.3 Å². The Morgan fingerprint density at radius 2 is 1.79 bits per heavy atom. The average molecular weight is 197 g/mol. The van der Waals surface area contributed by atoms with E-state index in [0.717, 1.165) is 5.92 Å². The third kappa shape index (κ3) is 4.45. The van der Waals surface area contributed by atoms with Crippen molar-refractivity contribution in [3.05, 3.63) is 0 Å². The van der Waals surface area contributed by atoms with Crippen LogP contribution in [0.3, 0.4) is 0 Å². The normalized spacial score (nSPS) is 19.3. The Kier molecular flexibility index (Phi) is 4.43. The predicted octanol–water partition coefficient (Wildman–Crippen LogP) is 3.59. The second-order valence-electron chi connectivity index (χ2n) is 5.82. The molecule has 1 aliphatic carbocycles. The van der Waals surface area contributed by atoms with Crippen molar-refractivity contribution < 1.29 is 0 Å². The van der Waals surface area contributed by atoms with Crippen LogP contribution in [0.2, 0.25) is 0 Å². The van der Waals surface area contributed by atoms with Crippen LogP contribution < -0.4 is 5.32 Å². The van der Waals surface area contributed by atoms with E-state index in [2.05, 4.69) is 33.0 Å². The third-order valence-corrected chi connectivity index (χ3v) is 3.33. The minimum Gasteiger partial charge on any atom is -0.314 e. The van der Waals surface area contributed by atoms with E-state index in [1.165, 1.54) is 38.6 Å².